The number of aliphatic hydroxyl groups excluding tert-OH is 1. The zero-order valence-electron chi connectivity index (χ0n) is 20.4. The molecule has 0 radical (unpaired) electrons. The molecule has 37 heavy (non-hydrogen) atoms. The SMILES string of the molecule is CNS(=O)(=O)c1cccc(OC[C@@H](O)CN[C@H]2COC3(CCN(S(=O)(=O)c4ccc[n+]([O-])c4)CC3)C2)c1. The Morgan fingerprint density at radius 1 is 1.22 bits per heavy atom. The van der Waals surface area contributed by atoms with Crippen molar-refractivity contribution in [2.75, 3.05) is 39.9 Å². The Balaban J connectivity index is 1.23. The van der Waals surface area contributed by atoms with Crippen LogP contribution in [0, 0.1) is 5.21 Å². The number of piperidine rings is 1. The van der Waals surface area contributed by atoms with E-state index in [1.165, 1.54) is 41.8 Å². The Morgan fingerprint density at radius 2 is 1.95 bits per heavy atom. The van der Waals surface area contributed by atoms with E-state index >= 15 is 0 Å². The molecule has 0 aliphatic carbocycles. The van der Waals surface area contributed by atoms with Crippen molar-refractivity contribution < 1.29 is 36.1 Å². The van der Waals surface area contributed by atoms with Gasteiger partial charge in [0.05, 0.1) is 17.1 Å². The monoisotopic (exact) mass is 556 g/mol. The predicted molar refractivity (Wildman–Crippen MR) is 133 cm³/mol. The molecule has 2 fully saturated rings. The number of sulfonamides is 2. The third-order valence-electron chi connectivity index (χ3n) is 6.70. The molecule has 12 nitrogen and oxygen atoms in total. The van der Waals surface area contributed by atoms with Gasteiger partial charge in [-0.25, -0.2) is 21.6 Å². The summed E-state index contributed by atoms with van der Waals surface area (Å²) in [6.07, 6.45) is 3.22. The number of ether oxygens (including phenoxy) is 2. The Kier molecular flexibility index (Phi) is 8.38. The van der Waals surface area contributed by atoms with Crippen LogP contribution in [-0.2, 0) is 24.8 Å². The molecule has 2 aromatic rings. The van der Waals surface area contributed by atoms with Crippen molar-refractivity contribution in [1.82, 2.24) is 14.3 Å². The third kappa shape index (κ3) is 6.57. The summed E-state index contributed by atoms with van der Waals surface area (Å²) in [5, 5.41) is 25.1. The minimum Gasteiger partial charge on any atom is -0.619 e. The van der Waals surface area contributed by atoms with Crippen LogP contribution in [0.2, 0.25) is 0 Å². The standard InChI is InChI=1S/C23H32N4O8S2/c1-24-36(30,31)21-5-2-4-20(12-21)34-17-19(28)14-25-18-13-23(35-16-18)7-10-27(11-8-23)37(32,33)22-6-3-9-26(29)15-22/h2-6,9,12,15,18-19,24-25,28H,7-8,10-11,13-14,16-17H2,1H3/t18-,19+/m1/s1. The van der Waals surface area contributed by atoms with Gasteiger partial charge in [0.25, 0.3) is 0 Å². The number of nitrogens with zero attached hydrogens (tertiary/aromatic N) is 2. The van der Waals surface area contributed by atoms with E-state index < -0.39 is 31.8 Å². The van der Waals surface area contributed by atoms with E-state index in [4.69, 9.17) is 9.47 Å². The highest BCUT2D eigenvalue weighted by molar-refractivity contribution is 7.89. The van der Waals surface area contributed by atoms with Gasteiger partial charge < -0.3 is 25.1 Å². The lowest BCUT2D eigenvalue weighted by atomic mass is 9.88. The van der Waals surface area contributed by atoms with Gasteiger partial charge in [-0.05, 0) is 44.5 Å². The summed E-state index contributed by atoms with van der Waals surface area (Å²) in [5.41, 5.74) is -0.431. The summed E-state index contributed by atoms with van der Waals surface area (Å²) in [7, 11) is -6.01. The first-order chi connectivity index (χ1) is 17.5. The molecule has 2 aliphatic heterocycles. The molecule has 0 saturated carbocycles. The van der Waals surface area contributed by atoms with Crippen LogP contribution in [0.3, 0.4) is 0 Å². The van der Waals surface area contributed by atoms with Gasteiger partial charge in [0.1, 0.15) is 23.4 Å². The highest BCUT2D eigenvalue weighted by Gasteiger charge is 2.45. The average molecular weight is 557 g/mol. The zero-order chi connectivity index (χ0) is 26.7. The van der Waals surface area contributed by atoms with Crippen molar-refractivity contribution in [3.63, 3.8) is 0 Å². The summed E-state index contributed by atoms with van der Waals surface area (Å²) < 4.78 is 65.4. The number of hydrogen-bond donors (Lipinski definition) is 3. The zero-order valence-corrected chi connectivity index (χ0v) is 22.1. The van der Waals surface area contributed by atoms with Gasteiger partial charge in [0.15, 0.2) is 12.4 Å². The molecule has 2 saturated heterocycles. The first-order valence-corrected chi connectivity index (χ1v) is 14.9. The quantitative estimate of drug-likeness (QED) is 0.260. The van der Waals surface area contributed by atoms with E-state index in [-0.39, 0.29) is 29.0 Å². The van der Waals surface area contributed by atoms with Crippen LogP contribution in [0.15, 0.2) is 58.6 Å². The Morgan fingerprint density at radius 3 is 2.65 bits per heavy atom. The van der Waals surface area contributed by atoms with E-state index in [9.17, 15) is 27.1 Å². The highest BCUT2D eigenvalue weighted by Crippen LogP contribution is 2.37. The predicted octanol–water partition coefficient (Wildman–Crippen LogP) is -0.430. The molecule has 4 rings (SSSR count). The molecule has 1 aromatic carbocycles. The van der Waals surface area contributed by atoms with Gasteiger partial charge in [-0.15, -0.1) is 0 Å². The summed E-state index contributed by atoms with van der Waals surface area (Å²) in [4.78, 5) is 0.0459. The van der Waals surface area contributed by atoms with Crippen molar-refractivity contribution in [1.29, 1.82) is 0 Å². The Labute approximate surface area is 216 Å². The molecule has 0 unspecified atom stereocenters. The van der Waals surface area contributed by atoms with Crippen molar-refractivity contribution in [3.05, 3.63) is 54.0 Å². The molecule has 1 aromatic heterocycles. The molecule has 3 N–H and O–H groups in total. The molecule has 1 spiro atoms. The molecular weight excluding hydrogens is 524 g/mol. The lowest BCUT2D eigenvalue weighted by molar-refractivity contribution is -0.607. The van der Waals surface area contributed by atoms with Crippen LogP contribution in [0.25, 0.3) is 0 Å². The maximum Gasteiger partial charge on any atom is 0.249 e. The largest absolute Gasteiger partial charge is 0.619 e. The number of rotatable bonds is 10. The molecular formula is C23H32N4O8S2. The molecule has 2 aliphatic rings. The normalized spacial score (nSPS) is 21.2. The first kappa shape index (κ1) is 27.7. The van der Waals surface area contributed by atoms with Gasteiger partial charge >= 0.3 is 0 Å². The fraction of sp³-hybridized carbons (Fsp3) is 0.522. The Bertz CT molecular complexity index is 1300. The van der Waals surface area contributed by atoms with Crippen molar-refractivity contribution in [2.45, 2.75) is 46.8 Å². The highest BCUT2D eigenvalue weighted by atomic mass is 32.2. The minimum atomic E-state index is -3.75. The average Bonchev–Trinajstić information content (AvgIpc) is 3.28. The molecule has 0 bridgehead atoms. The van der Waals surface area contributed by atoms with Crippen molar-refractivity contribution >= 4 is 20.0 Å². The molecule has 2 atom stereocenters. The second-order valence-electron chi connectivity index (χ2n) is 9.25. The number of nitrogens with one attached hydrogen (secondary N) is 2. The van der Waals surface area contributed by atoms with Crippen molar-refractivity contribution in [2.24, 2.45) is 0 Å². The summed E-state index contributed by atoms with van der Waals surface area (Å²) in [6, 6.07) is 8.85. The summed E-state index contributed by atoms with van der Waals surface area (Å²) >= 11 is 0. The van der Waals surface area contributed by atoms with E-state index in [1.54, 1.807) is 12.1 Å². The van der Waals surface area contributed by atoms with E-state index in [1.807, 2.05) is 0 Å². The maximum atomic E-state index is 12.9. The van der Waals surface area contributed by atoms with Crippen LogP contribution in [0.5, 0.6) is 5.75 Å². The topological polar surface area (TPSA) is 161 Å². The van der Waals surface area contributed by atoms with Gasteiger partial charge in [-0.2, -0.15) is 9.04 Å². The lowest BCUT2D eigenvalue weighted by Gasteiger charge is -2.37. The maximum absolute atomic E-state index is 12.9. The van der Waals surface area contributed by atoms with Gasteiger partial charge in [-0.1, -0.05) is 6.07 Å². The number of benzene rings is 1. The van der Waals surface area contributed by atoms with E-state index in [0.29, 0.717) is 49.4 Å². The minimum absolute atomic E-state index is 0.00421. The number of aliphatic hydroxyl groups is 1. The summed E-state index contributed by atoms with van der Waals surface area (Å²) in [5.74, 6) is 0.334. The van der Waals surface area contributed by atoms with Crippen LogP contribution in [-0.4, -0.2) is 83.9 Å². The summed E-state index contributed by atoms with van der Waals surface area (Å²) in [6.45, 7) is 1.26. The van der Waals surface area contributed by atoms with E-state index in [2.05, 4.69) is 10.0 Å². The van der Waals surface area contributed by atoms with Gasteiger partial charge in [-0.3, -0.25) is 0 Å². The van der Waals surface area contributed by atoms with Gasteiger partial charge in [0.2, 0.25) is 20.0 Å². The van der Waals surface area contributed by atoms with Crippen LogP contribution in [0.1, 0.15) is 19.3 Å². The second-order valence-corrected chi connectivity index (χ2v) is 13.1. The van der Waals surface area contributed by atoms with Crippen LogP contribution < -0.4 is 19.5 Å². The Hall–Kier alpha value is -2.33. The van der Waals surface area contributed by atoms with Crippen LogP contribution in [0.4, 0.5) is 0 Å². The van der Waals surface area contributed by atoms with Crippen LogP contribution >= 0.6 is 0 Å². The smallest absolute Gasteiger partial charge is 0.249 e. The fourth-order valence-corrected chi connectivity index (χ4v) is 6.81. The molecule has 14 heteroatoms. The van der Waals surface area contributed by atoms with E-state index in [0.717, 1.165) is 6.20 Å². The molecule has 3 heterocycles. The lowest BCUT2D eigenvalue weighted by Crippen LogP contribution is -2.47. The number of aromatic nitrogens is 1. The number of pyridine rings is 1. The van der Waals surface area contributed by atoms with Crippen molar-refractivity contribution in [3.8, 4) is 5.75 Å². The third-order valence-corrected chi connectivity index (χ3v) is 9.99. The van der Waals surface area contributed by atoms with Gasteiger partial charge in [0, 0.05) is 37.8 Å². The second kappa shape index (κ2) is 11.2. The fourth-order valence-electron chi connectivity index (χ4n) is 4.60. The molecule has 0 amide bonds. The number of hydrogen-bond acceptors (Lipinski definition) is 9. The molecule has 204 valence electrons. The first-order valence-electron chi connectivity index (χ1n) is 11.9.